The first-order valence-corrected chi connectivity index (χ1v) is 9.99. The molecule has 0 atom stereocenters. The van der Waals surface area contributed by atoms with Crippen LogP contribution in [0.5, 0.6) is 0 Å². The van der Waals surface area contributed by atoms with E-state index >= 15 is 0 Å². The highest BCUT2D eigenvalue weighted by molar-refractivity contribution is 5.76. The third-order valence-electron chi connectivity index (χ3n) is 5.17. The van der Waals surface area contributed by atoms with Gasteiger partial charge in [0.1, 0.15) is 6.61 Å². The highest BCUT2D eigenvalue weighted by Gasteiger charge is 2.23. The molecule has 1 fully saturated rings. The van der Waals surface area contributed by atoms with Gasteiger partial charge in [0.25, 0.3) is 0 Å². The molecule has 2 aromatic carbocycles. The zero-order chi connectivity index (χ0) is 19.6. The fourth-order valence-corrected chi connectivity index (χ4v) is 3.55. The van der Waals surface area contributed by atoms with Gasteiger partial charge < -0.3 is 15.0 Å². The summed E-state index contributed by atoms with van der Waals surface area (Å²) >= 11 is 0. The summed E-state index contributed by atoms with van der Waals surface area (Å²) in [5.74, 6) is 0.720. The number of piperidine rings is 1. The molecule has 0 radical (unpaired) electrons. The number of rotatable bonds is 7. The number of ether oxygens (including phenoxy) is 1. The second kappa shape index (κ2) is 10.5. The number of hydrogen-bond acceptors (Lipinski definition) is 3. The van der Waals surface area contributed by atoms with Gasteiger partial charge in [0, 0.05) is 26.1 Å². The number of benzene rings is 2. The lowest BCUT2D eigenvalue weighted by molar-refractivity contribution is -0.132. The molecular formula is C23H28N2O3. The lowest BCUT2D eigenvalue weighted by Gasteiger charge is -2.32. The monoisotopic (exact) mass is 380 g/mol. The summed E-state index contributed by atoms with van der Waals surface area (Å²) in [5, 5.41) is 2.71. The van der Waals surface area contributed by atoms with Crippen LogP contribution < -0.4 is 5.32 Å². The van der Waals surface area contributed by atoms with Crippen molar-refractivity contribution in [3.8, 4) is 0 Å². The summed E-state index contributed by atoms with van der Waals surface area (Å²) in [6.07, 6.45) is 2.66. The molecule has 0 aliphatic carbocycles. The highest BCUT2D eigenvalue weighted by Crippen LogP contribution is 2.27. The average molecular weight is 380 g/mol. The zero-order valence-electron chi connectivity index (χ0n) is 16.2. The van der Waals surface area contributed by atoms with Crippen LogP contribution in [0, 0.1) is 0 Å². The Kier molecular flexibility index (Phi) is 7.47. The number of nitrogens with one attached hydrogen (secondary N) is 1. The molecular weight excluding hydrogens is 352 g/mol. The summed E-state index contributed by atoms with van der Waals surface area (Å²) < 4.78 is 5.16. The minimum Gasteiger partial charge on any atom is -0.445 e. The summed E-state index contributed by atoms with van der Waals surface area (Å²) in [6, 6.07) is 20.1. The molecule has 5 nitrogen and oxygen atoms in total. The predicted molar refractivity (Wildman–Crippen MR) is 109 cm³/mol. The Balaban J connectivity index is 1.28. The fraction of sp³-hybridized carbons (Fsp3) is 0.391. The molecule has 2 amide bonds. The van der Waals surface area contributed by atoms with Crippen LogP contribution in [-0.2, 0) is 16.1 Å². The Labute approximate surface area is 166 Å². The topological polar surface area (TPSA) is 58.6 Å². The maximum atomic E-state index is 12.4. The van der Waals surface area contributed by atoms with Crippen molar-refractivity contribution in [1.82, 2.24) is 10.2 Å². The van der Waals surface area contributed by atoms with E-state index in [9.17, 15) is 9.59 Å². The minimum absolute atomic E-state index is 0.172. The summed E-state index contributed by atoms with van der Waals surface area (Å²) in [7, 11) is 0. The molecule has 1 saturated heterocycles. The number of hydrogen-bond donors (Lipinski definition) is 1. The Hall–Kier alpha value is -2.82. The number of carbonyl (C=O) groups excluding carboxylic acids is 2. The van der Waals surface area contributed by atoms with E-state index in [4.69, 9.17) is 4.74 Å². The molecule has 0 aromatic heterocycles. The highest BCUT2D eigenvalue weighted by atomic mass is 16.5. The van der Waals surface area contributed by atoms with Crippen LogP contribution in [0.15, 0.2) is 60.7 Å². The van der Waals surface area contributed by atoms with Gasteiger partial charge in [-0.2, -0.15) is 0 Å². The third-order valence-corrected chi connectivity index (χ3v) is 5.17. The summed E-state index contributed by atoms with van der Waals surface area (Å²) in [6.45, 7) is 2.32. The van der Waals surface area contributed by atoms with Crippen LogP contribution in [0.25, 0.3) is 0 Å². The van der Waals surface area contributed by atoms with E-state index in [2.05, 4.69) is 29.6 Å². The van der Waals surface area contributed by atoms with E-state index in [1.807, 2.05) is 41.3 Å². The standard InChI is InChI=1S/C23H28N2O3/c26-22(25-16-13-21(14-17-25)20-10-5-2-6-11-20)12-7-15-24-23(27)28-18-19-8-3-1-4-9-19/h1-6,8-11,21H,7,12-18H2,(H,24,27). The van der Waals surface area contributed by atoms with Gasteiger partial charge in [-0.1, -0.05) is 60.7 Å². The largest absolute Gasteiger partial charge is 0.445 e. The van der Waals surface area contributed by atoms with E-state index in [1.165, 1.54) is 5.56 Å². The lowest BCUT2D eigenvalue weighted by atomic mass is 9.89. The Bertz CT molecular complexity index is 741. The molecule has 148 valence electrons. The molecule has 28 heavy (non-hydrogen) atoms. The quantitative estimate of drug-likeness (QED) is 0.736. The molecule has 1 heterocycles. The van der Waals surface area contributed by atoms with Crippen molar-refractivity contribution < 1.29 is 14.3 Å². The van der Waals surface area contributed by atoms with Crippen LogP contribution in [0.4, 0.5) is 4.79 Å². The van der Waals surface area contributed by atoms with Gasteiger partial charge >= 0.3 is 6.09 Å². The molecule has 0 bridgehead atoms. The molecule has 5 heteroatoms. The SMILES string of the molecule is O=C(NCCCC(=O)N1CCC(c2ccccc2)CC1)OCc1ccccc1. The summed E-state index contributed by atoms with van der Waals surface area (Å²) in [5.41, 5.74) is 2.32. The first kappa shape index (κ1) is 19.9. The van der Waals surface area contributed by atoms with Gasteiger partial charge in [0.05, 0.1) is 0 Å². The van der Waals surface area contributed by atoms with E-state index in [0.29, 0.717) is 25.3 Å². The molecule has 1 aliphatic heterocycles. The van der Waals surface area contributed by atoms with Crippen molar-refractivity contribution in [2.24, 2.45) is 0 Å². The third kappa shape index (κ3) is 6.12. The van der Waals surface area contributed by atoms with Gasteiger partial charge in [-0.3, -0.25) is 4.79 Å². The van der Waals surface area contributed by atoms with Crippen LogP contribution in [-0.4, -0.2) is 36.5 Å². The Morgan fingerprint density at radius 3 is 2.29 bits per heavy atom. The van der Waals surface area contributed by atoms with E-state index in [0.717, 1.165) is 31.5 Å². The Morgan fingerprint density at radius 1 is 0.964 bits per heavy atom. The van der Waals surface area contributed by atoms with E-state index in [-0.39, 0.29) is 12.5 Å². The van der Waals surface area contributed by atoms with Gasteiger partial charge in [-0.15, -0.1) is 0 Å². The maximum Gasteiger partial charge on any atom is 0.407 e. The number of amides is 2. The summed E-state index contributed by atoms with van der Waals surface area (Å²) in [4.78, 5) is 26.0. The zero-order valence-corrected chi connectivity index (χ0v) is 16.2. The number of likely N-dealkylation sites (tertiary alicyclic amines) is 1. The van der Waals surface area contributed by atoms with Crippen molar-refractivity contribution in [3.05, 3.63) is 71.8 Å². The van der Waals surface area contributed by atoms with Crippen molar-refractivity contribution >= 4 is 12.0 Å². The smallest absolute Gasteiger partial charge is 0.407 e. The van der Waals surface area contributed by atoms with Crippen molar-refractivity contribution in [2.75, 3.05) is 19.6 Å². The van der Waals surface area contributed by atoms with E-state index in [1.54, 1.807) is 0 Å². The van der Waals surface area contributed by atoms with E-state index < -0.39 is 6.09 Å². The normalized spacial score (nSPS) is 14.5. The van der Waals surface area contributed by atoms with Crippen molar-refractivity contribution in [2.45, 2.75) is 38.2 Å². The first-order valence-electron chi connectivity index (χ1n) is 9.99. The van der Waals surface area contributed by atoms with Crippen molar-refractivity contribution in [3.63, 3.8) is 0 Å². The second-order valence-corrected chi connectivity index (χ2v) is 7.16. The van der Waals surface area contributed by atoms with Gasteiger partial charge in [-0.25, -0.2) is 4.79 Å². The maximum absolute atomic E-state index is 12.4. The molecule has 1 aliphatic rings. The fourth-order valence-electron chi connectivity index (χ4n) is 3.55. The first-order chi connectivity index (χ1) is 13.7. The van der Waals surface area contributed by atoms with Gasteiger partial charge in [-0.05, 0) is 36.3 Å². The Morgan fingerprint density at radius 2 is 1.61 bits per heavy atom. The van der Waals surface area contributed by atoms with Crippen LogP contribution in [0.1, 0.15) is 42.7 Å². The molecule has 0 spiro atoms. The molecule has 2 aromatic rings. The van der Waals surface area contributed by atoms with Crippen LogP contribution in [0.2, 0.25) is 0 Å². The second-order valence-electron chi connectivity index (χ2n) is 7.16. The molecule has 0 unspecified atom stereocenters. The number of nitrogens with zero attached hydrogens (tertiary/aromatic N) is 1. The van der Waals surface area contributed by atoms with Gasteiger partial charge in [0.2, 0.25) is 5.91 Å². The lowest BCUT2D eigenvalue weighted by Crippen LogP contribution is -2.38. The van der Waals surface area contributed by atoms with Crippen molar-refractivity contribution in [1.29, 1.82) is 0 Å². The number of alkyl carbamates (subject to hydrolysis) is 1. The minimum atomic E-state index is -0.444. The predicted octanol–water partition coefficient (Wildman–Crippen LogP) is 4.10. The molecule has 0 saturated carbocycles. The number of carbonyl (C=O) groups is 2. The van der Waals surface area contributed by atoms with Gasteiger partial charge in [0.15, 0.2) is 0 Å². The molecule has 1 N–H and O–H groups in total. The average Bonchev–Trinajstić information content (AvgIpc) is 2.76. The molecule has 3 rings (SSSR count). The van der Waals surface area contributed by atoms with Crippen LogP contribution in [0.3, 0.4) is 0 Å². The van der Waals surface area contributed by atoms with Crippen LogP contribution >= 0.6 is 0 Å².